The van der Waals surface area contributed by atoms with Crippen molar-refractivity contribution in [2.24, 2.45) is 5.92 Å². The van der Waals surface area contributed by atoms with Crippen molar-refractivity contribution in [3.05, 3.63) is 34.9 Å². The molecule has 1 amide bonds. The van der Waals surface area contributed by atoms with E-state index in [1.165, 1.54) is 0 Å². The van der Waals surface area contributed by atoms with Crippen LogP contribution in [0, 0.1) is 5.92 Å². The Morgan fingerprint density at radius 1 is 1.04 bits per heavy atom. The minimum Gasteiger partial charge on any atom is -0.387 e. The standard InChI is InChI=1S/C18H18F7NO2/c19-16(17(20,21)22,18(23,24)25)10-2-4-11-9(7-10)1-3-13-12(11)5-6-14(13)26-15(28)8-27/h2,4,7,12-14,27H,1,3,5-6,8H2,(H,26,28)/t12-,13+,14+/m0/s1. The molecule has 0 aromatic heterocycles. The lowest BCUT2D eigenvalue weighted by molar-refractivity contribution is -0.348. The highest BCUT2D eigenvalue weighted by molar-refractivity contribution is 5.77. The Balaban J connectivity index is 1.93. The van der Waals surface area contributed by atoms with Gasteiger partial charge in [0.1, 0.15) is 6.61 Å². The van der Waals surface area contributed by atoms with Gasteiger partial charge < -0.3 is 10.4 Å². The van der Waals surface area contributed by atoms with Gasteiger partial charge in [-0.1, -0.05) is 18.2 Å². The number of benzene rings is 1. The second-order valence-corrected chi connectivity index (χ2v) is 7.29. The SMILES string of the molecule is O=C(CO)N[C@@H]1CC[C@H]2c3ccc(C(F)(C(F)(F)F)C(F)(F)F)cc3CC[C@@H]12. The summed E-state index contributed by atoms with van der Waals surface area (Å²) in [5.41, 5.74) is -6.04. The molecule has 2 aliphatic carbocycles. The first kappa shape index (κ1) is 20.9. The van der Waals surface area contributed by atoms with Crippen molar-refractivity contribution in [2.75, 3.05) is 6.61 Å². The summed E-state index contributed by atoms with van der Waals surface area (Å²) < 4.78 is 92.2. The summed E-state index contributed by atoms with van der Waals surface area (Å²) in [6.45, 7) is -0.665. The van der Waals surface area contributed by atoms with Crippen LogP contribution >= 0.6 is 0 Å². The molecular formula is C18H18F7NO2. The molecule has 0 heterocycles. The van der Waals surface area contributed by atoms with E-state index in [2.05, 4.69) is 5.32 Å². The van der Waals surface area contributed by atoms with Gasteiger partial charge >= 0.3 is 18.0 Å². The van der Waals surface area contributed by atoms with Crippen molar-refractivity contribution >= 4 is 5.91 Å². The number of amides is 1. The van der Waals surface area contributed by atoms with E-state index in [9.17, 15) is 35.5 Å². The molecule has 1 saturated carbocycles. The number of alkyl halides is 7. The van der Waals surface area contributed by atoms with Gasteiger partial charge in [0, 0.05) is 11.6 Å². The van der Waals surface area contributed by atoms with Crippen LogP contribution in [-0.2, 0) is 16.9 Å². The maximum Gasteiger partial charge on any atom is 0.435 e. The third-order valence-electron chi connectivity index (χ3n) is 5.78. The van der Waals surface area contributed by atoms with E-state index in [1.807, 2.05) is 0 Å². The topological polar surface area (TPSA) is 49.3 Å². The van der Waals surface area contributed by atoms with Crippen LogP contribution in [0.2, 0.25) is 0 Å². The van der Waals surface area contributed by atoms with Gasteiger partial charge in [0.05, 0.1) is 0 Å². The normalized spacial score (nSPS) is 25.2. The largest absolute Gasteiger partial charge is 0.435 e. The summed E-state index contributed by atoms with van der Waals surface area (Å²) in [6, 6.07) is 2.15. The fourth-order valence-electron chi connectivity index (χ4n) is 4.50. The number of carbonyl (C=O) groups is 1. The molecule has 0 spiro atoms. The average molecular weight is 413 g/mol. The lowest BCUT2D eigenvalue weighted by atomic mass is 9.74. The number of rotatable bonds is 3. The molecule has 28 heavy (non-hydrogen) atoms. The number of carbonyl (C=O) groups excluding carboxylic acids is 1. The second kappa shape index (κ2) is 6.89. The number of fused-ring (bicyclic) bond motifs is 3. The Kier molecular flexibility index (Phi) is 5.14. The zero-order chi connectivity index (χ0) is 20.9. The predicted octanol–water partition coefficient (Wildman–Crippen LogP) is 3.89. The minimum absolute atomic E-state index is 0.0331. The lowest BCUT2D eigenvalue weighted by Crippen LogP contribution is -2.50. The van der Waals surface area contributed by atoms with Gasteiger partial charge in [-0.3, -0.25) is 4.79 Å². The molecule has 1 aromatic rings. The molecule has 2 N–H and O–H groups in total. The van der Waals surface area contributed by atoms with E-state index in [0.29, 0.717) is 37.0 Å². The molecule has 0 aliphatic heterocycles. The first-order valence-corrected chi connectivity index (χ1v) is 8.76. The third-order valence-corrected chi connectivity index (χ3v) is 5.78. The molecule has 156 valence electrons. The summed E-state index contributed by atoms with van der Waals surface area (Å²) in [7, 11) is 0. The molecule has 3 atom stereocenters. The van der Waals surface area contributed by atoms with Gasteiger partial charge in [0.25, 0.3) is 0 Å². The van der Waals surface area contributed by atoms with E-state index in [4.69, 9.17) is 5.11 Å². The first-order valence-electron chi connectivity index (χ1n) is 8.76. The average Bonchev–Trinajstić information content (AvgIpc) is 3.01. The van der Waals surface area contributed by atoms with E-state index in [1.54, 1.807) is 0 Å². The Morgan fingerprint density at radius 3 is 2.25 bits per heavy atom. The Hall–Kier alpha value is -1.84. The van der Waals surface area contributed by atoms with Crippen LogP contribution in [-0.4, -0.2) is 36.0 Å². The Labute approximate surface area is 155 Å². The van der Waals surface area contributed by atoms with Crippen molar-refractivity contribution in [3.8, 4) is 0 Å². The zero-order valence-electron chi connectivity index (χ0n) is 14.5. The second-order valence-electron chi connectivity index (χ2n) is 7.29. The van der Waals surface area contributed by atoms with Gasteiger partial charge in [-0.15, -0.1) is 0 Å². The van der Waals surface area contributed by atoms with Gasteiger partial charge in [-0.25, -0.2) is 4.39 Å². The first-order chi connectivity index (χ1) is 12.9. The third kappa shape index (κ3) is 3.25. The number of aliphatic hydroxyl groups excluding tert-OH is 1. The summed E-state index contributed by atoms with van der Waals surface area (Å²) >= 11 is 0. The van der Waals surface area contributed by atoms with Crippen LogP contribution in [0.15, 0.2) is 18.2 Å². The number of aryl methyl sites for hydroxylation is 1. The van der Waals surface area contributed by atoms with Crippen LogP contribution in [0.4, 0.5) is 30.7 Å². The molecule has 10 heteroatoms. The van der Waals surface area contributed by atoms with Gasteiger partial charge in [0.2, 0.25) is 5.91 Å². The summed E-state index contributed by atoms with van der Waals surface area (Å²) in [6.07, 6.45) is -10.5. The van der Waals surface area contributed by atoms with E-state index in [-0.39, 0.29) is 29.9 Å². The molecule has 3 rings (SSSR count). The zero-order valence-corrected chi connectivity index (χ0v) is 14.5. The smallest absolute Gasteiger partial charge is 0.387 e. The molecular weight excluding hydrogens is 395 g/mol. The van der Waals surface area contributed by atoms with E-state index in [0.717, 1.165) is 6.07 Å². The molecule has 3 nitrogen and oxygen atoms in total. The van der Waals surface area contributed by atoms with Crippen LogP contribution in [0.25, 0.3) is 0 Å². The van der Waals surface area contributed by atoms with Crippen LogP contribution in [0.3, 0.4) is 0 Å². The number of halogens is 7. The van der Waals surface area contributed by atoms with Gasteiger partial charge in [-0.05, 0) is 48.6 Å². The summed E-state index contributed by atoms with van der Waals surface area (Å²) in [4.78, 5) is 11.4. The highest BCUT2D eigenvalue weighted by Gasteiger charge is 2.73. The van der Waals surface area contributed by atoms with Crippen molar-refractivity contribution in [1.29, 1.82) is 0 Å². The monoisotopic (exact) mass is 413 g/mol. The Bertz CT molecular complexity index is 745. The Morgan fingerprint density at radius 2 is 1.68 bits per heavy atom. The number of nitrogens with one attached hydrogen (secondary N) is 1. The number of hydrogen-bond acceptors (Lipinski definition) is 2. The van der Waals surface area contributed by atoms with Gasteiger partial charge in [-0.2, -0.15) is 26.3 Å². The van der Waals surface area contributed by atoms with E-state index >= 15 is 0 Å². The fourth-order valence-corrected chi connectivity index (χ4v) is 4.50. The van der Waals surface area contributed by atoms with E-state index < -0.39 is 36.1 Å². The van der Waals surface area contributed by atoms with Crippen molar-refractivity contribution < 1.29 is 40.6 Å². The highest BCUT2D eigenvalue weighted by atomic mass is 19.4. The molecule has 1 fully saturated rings. The number of aliphatic hydroxyl groups is 1. The summed E-state index contributed by atoms with van der Waals surface area (Å²) in [5, 5.41) is 11.5. The lowest BCUT2D eigenvalue weighted by Gasteiger charge is -2.34. The molecule has 1 aromatic carbocycles. The minimum atomic E-state index is -6.14. The molecule has 0 saturated heterocycles. The number of hydrogen-bond donors (Lipinski definition) is 2. The van der Waals surface area contributed by atoms with Crippen LogP contribution in [0.5, 0.6) is 0 Å². The quantitative estimate of drug-likeness (QED) is 0.739. The fraction of sp³-hybridized carbons (Fsp3) is 0.611. The molecule has 0 unspecified atom stereocenters. The van der Waals surface area contributed by atoms with Crippen molar-refractivity contribution in [3.63, 3.8) is 0 Å². The maximum atomic E-state index is 14.3. The molecule has 0 radical (unpaired) electrons. The van der Waals surface area contributed by atoms with Gasteiger partial charge in [0.15, 0.2) is 0 Å². The molecule has 0 bridgehead atoms. The maximum absolute atomic E-state index is 14.3. The van der Waals surface area contributed by atoms with Crippen molar-refractivity contribution in [1.82, 2.24) is 5.32 Å². The van der Waals surface area contributed by atoms with Crippen LogP contribution < -0.4 is 5.32 Å². The summed E-state index contributed by atoms with van der Waals surface area (Å²) in [5.74, 6) is -0.717. The highest BCUT2D eigenvalue weighted by Crippen LogP contribution is 2.54. The molecule has 2 aliphatic rings. The van der Waals surface area contributed by atoms with Crippen molar-refractivity contribution in [2.45, 2.75) is 55.7 Å². The predicted molar refractivity (Wildman–Crippen MR) is 84.1 cm³/mol. The van der Waals surface area contributed by atoms with Crippen LogP contribution in [0.1, 0.15) is 41.9 Å².